The zero-order valence-corrected chi connectivity index (χ0v) is 11.1. The smallest absolute Gasteiger partial charge is 0.272 e. The van der Waals surface area contributed by atoms with Crippen molar-refractivity contribution in [3.8, 4) is 11.4 Å². The number of rotatable bonds is 2. The zero-order chi connectivity index (χ0) is 12.4. The fourth-order valence-corrected chi connectivity index (χ4v) is 1.47. The quantitative estimate of drug-likeness (QED) is 0.804. The van der Waals surface area contributed by atoms with Crippen LogP contribution < -0.4 is 0 Å². The van der Waals surface area contributed by atoms with E-state index in [9.17, 15) is 0 Å². The molecule has 88 valence electrons. The molecule has 2 aromatic rings. The Morgan fingerprint density at radius 1 is 1.06 bits per heavy atom. The van der Waals surface area contributed by atoms with E-state index in [0.717, 1.165) is 5.56 Å². The minimum atomic E-state index is -0.127. The minimum Gasteiger partial charge on any atom is -0.333 e. The fourth-order valence-electron chi connectivity index (χ4n) is 1.11. The Kier molecular flexibility index (Phi) is 3.94. The molecule has 0 atom stereocenters. The van der Waals surface area contributed by atoms with Crippen molar-refractivity contribution in [1.29, 1.82) is 0 Å². The Bertz CT molecular complexity index is 558. The maximum Gasteiger partial charge on any atom is 0.272 e. The highest BCUT2D eigenvalue weighted by Gasteiger charge is 2.13. The van der Waals surface area contributed by atoms with Crippen molar-refractivity contribution in [3.05, 3.63) is 39.7 Å². The molecule has 1 aromatic carbocycles. The van der Waals surface area contributed by atoms with Gasteiger partial charge in [-0.2, -0.15) is 4.98 Å². The van der Waals surface area contributed by atoms with Gasteiger partial charge in [0, 0.05) is 10.6 Å². The summed E-state index contributed by atoms with van der Waals surface area (Å²) in [5.41, 5.74) is 0.750. The molecule has 17 heavy (non-hydrogen) atoms. The molecule has 0 bridgehead atoms. The van der Waals surface area contributed by atoms with Crippen LogP contribution in [0.4, 0.5) is 0 Å². The van der Waals surface area contributed by atoms with Gasteiger partial charge in [-0.1, -0.05) is 51.6 Å². The largest absolute Gasteiger partial charge is 0.333 e. The van der Waals surface area contributed by atoms with E-state index in [1.54, 1.807) is 24.3 Å². The molecule has 7 heteroatoms. The van der Waals surface area contributed by atoms with E-state index < -0.39 is 0 Å². The van der Waals surface area contributed by atoms with Gasteiger partial charge >= 0.3 is 0 Å². The van der Waals surface area contributed by atoms with Crippen molar-refractivity contribution in [2.75, 3.05) is 0 Å². The lowest BCUT2D eigenvalue weighted by Crippen LogP contribution is -1.81. The number of aromatic nitrogens is 2. The molecule has 0 saturated carbocycles. The normalized spacial score (nSPS) is 10.4. The van der Waals surface area contributed by atoms with Gasteiger partial charge in [-0.15, -0.1) is 0 Å². The molecule has 0 amide bonds. The average molecular weight is 310 g/mol. The summed E-state index contributed by atoms with van der Waals surface area (Å²) in [5.74, 6) is 0.445. The van der Waals surface area contributed by atoms with Crippen molar-refractivity contribution >= 4 is 51.4 Å². The molecule has 0 unspecified atom stereocenters. The van der Waals surface area contributed by atoms with E-state index in [4.69, 9.17) is 50.9 Å². The second-order valence-electron chi connectivity index (χ2n) is 3.00. The zero-order valence-electron chi connectivity index (χ0n) is 8.12. The molecular formula is C10H4Cl4N2O. The van der Waals surface area contributed by atoms with Crippen LogP contribution in [0.5, 0.6) is 0 Å². The van der Waals surface area contributed by atoms with Crippen molar-refractivity contribution < 1.29 is 4.52 Å². The minimum absolute atomic E-state index is 0.0149. The lowest BCUT2D eigenvalue weighted by Gasteiger charge is -1.93. The van der Waals surface area contributed by atoms with Crippen LogP contribution in [0.15, 0.2) is 33.3 Å². The average Bonchev–Trinajstić information content (AvgIpc) is 2.78. The molecule has 0 saturated heterocycles. The lowest BCUT2D eigenvalue weighted by atomic mass is 10.2. The Hall–Kier alpha value is -0.740. The summed E-state index contributed by atoms with van der Waals surface area (Å²) in [6.45, 7) is 0. The summed E-state index contributed by atoms with van der Waals surface area (Å²) in [6, 6.07) is 6.96. The highest BCUT2D eigenvalue weighted by molar-refractivity contribution is 6.66. The summed E-state index contributed by atoms with van der Waals surface area (Å²) in [6.07, 6.45) is 0. The van der Waals surface area contributed by atoms with Crippen molar-refractivity contribution in [2.45, 2.75) is 0 Å². The second kappa shape index (κ2) is 5.27. The first-order chi connectivity index (χ1) is 8.08. The van der Waals surface area contributed by atoms with Crippen molar-refractivity contribution in [1.82, 2.24) is 10.1 Å². The van der Waals surface area contributed by atoms with Gasteiger partial charge in [0.25, 0.3) is 5.89 Å². The molecule has 1 aromatic heterocycles. The first-order valence-electron chi connectivity index (χ1n) is 4.38. The Balaban J connectivity index is 2.36. The molecule has 0 spiro atoms. The first kappa shape index (κ1) is 12.7. The van der Waals surface area contributed by atoms with Gasteiger partial charge in [-0.3, -0.25) is 0 Å². The summed E-state index contributed by atoms with van der Waals surface area (Å²) >= 11 is 22.5. The van der Waals surface area contributed by atoms with Gasteiger partial charge in [0.2, 0.25) is 5.82 Å². The van der Waals surface area contributed by atoms with Gasteiger partial charge in [-0.25, -0.2) is 0 Å². The van der Waals surface area contributed by atoms with E-state index in [1.807, 2.05) is 0 Å². The SMILES string of the molecule is ClC(Cl)=C(Cl)c1nc(-c2ccc(Cl)cc2)no1. The Morgan fingerprint density at radius 2 is 1.71 bits per heavy atom. The molecule has 0 N–H and O–H groups in total. The third-order valence-electron chi connectivity index (χ3n) is 1.88. The van der Waals surface area contributed by atoms with Crippen LogP contribution in [0, 0.1) is 0 Å². The Morgan fingerprint density at radius 3 is 2.29 bits per heavy atom. The third-order valence-corrected chi connectivity index (χ3v) is 3.06. The predicted molar refractivity (Wildman–Crippen MR) is 69.2 cm³/mol. The van der Waals surface area contributed by atoms with Crippen LogP contribution in [0.3, 0.4) is 0 Å². The lowest BCUT2D eigenvalue weighted by molar-refractivity contribution is 0.410. The van der Waals surface area contributed by atoms with Gasteiger partial charge in [0.1, 0.15) is 9.52 Å². The summed E-state index contributed by atoms with van der Waals surface area (Å²) in [5, 5.41) is 4.39. The van der Waals surface area contributed by atoms with Gasteiger partial charge in [-0.05, 0) is 24.3 Å². The van der Waals surface area contributed by atoms with E-state index >= 15 is 0 Å². The standard InChI is InChI=1S/C10H4Cl4N2O/c11-6-3-1-5(2-4-6)9-15-10(17-16-9)7(12)8(13)14/h1-4H. The maximum absolute atomic E-state index is 5.77. The first-order valence-corrected chi connectivity index (χ1v) is 5.90. The van der Waals surface area contributed by atoms with E-state index in [1.165, 1.54) is 0 Å². The summed E-state index contributed by atoms with van der Waals surface area (Å²) in [7, 11) is 0. The van der Waals surface area contributed by atoms with Crippen LogP contribution in [-0.4, -0.2) is 10.1 Å². The number of benzene rings is 1. The second-order valence-corrected chi connectivity index (χ2v) is 4.77. The highest BCUT2D eigenvalue weighted by Crippen LogP contribution is 2.28. The van der Waals surface area contributed by atoms with Crippen LogP contribution >= 0.6 is 46.4 Å². The molecular weight excluding hydrogens is 306 g/mol. The molecule has 0 aliphatic heterocycles. The predicted octanol–water partition coefficient (Wildman–Crippen LogP) is 4.73. The van der Waals surface area contributed by atoms with Crippen LogP contribution in [0.2, 0.25) is 5.02 Å². The molecule has 0 aliphatic rings. The molecule has 0 aliphatic carbocycles. The third kappa shape index (κ3) is 2.93. The van der Waals surface area contributed by atoms with E-state index in [-0.39, 0.29) is 15.4 Å². The summed E-state index contributed by atoms with van der Waals surface area (Å²) in [4.78, 5) is 4.05. The molecule has 1 heterocycles. The maximum atomic E-state index is 5.77. The number of halogens is 4. The van der Waals surface area contributed by atoms with E-state index in [0.29, 0.717) is 10.8 Å². The monoisotopic (exact) mass is 308 g/mol. The fraction of sp³-hybridized carbons (Fsp3) is 0. The van der Waals surface area contributed by atoms with Crippen LogP contribution in [-0.2, 0) is 0 Å². The summed E-state index contributed by atoms with van der Waals surface area (Å²) < 4.78 is 4.79. The van der Waals surface area contributed by atoms with Gasteiger partial charge in [0.05, 0.1) is 0 Å². The Labute approximate surface area is 117 Å². The molecule has 0 fully saturated rings. The number of hydrogen-bond donors (Lipinski definition) is 0. The van der Waals surface area contributed by atoms with Crippen LogP contribution in [0.1, 0.15) is 5.89 Å². The molecule has 2 rings (SSSR count). The van der Waals surface area contributed by atoms with Crippen LogP contribution in [0.25, 0.3) is 16.4 Å². The molecule has 3 nitrogen and oxygen atoms in total. The van der Waals surface area contributed by atoms with Crippen molar-refractivity contribution in [2.24, 2.45) is 0 Å². The topological polar surface area (TPSA) is 38.9 Å². The van der Waals surface area contributed by atoms with Gasteiger partial charge in [0.15, 0.2) is 0 Å². The number of hydrogen-bond acceptors (Lipinski definition) is 3. The molecule has 0 radical (unpaired) electrons. The van der Waals surface area contributed by atoms with Crippen molar-refractivity contribution in [3.63, 3.8) is 0 Å². The van der Waals surface area contributed by atoms with E-state index in [2.05, 4.69) is 10.1 Å². The number of nitrogens with zero attached hydrogens (tertiary/aromatic N) is 2. The van der Waals surface area contributed by atoms with Gasteiger partial charge < -0.3 is 4.52 Å². The highest BCUT2D eigenvalue weighted by atomic mass is 35.5.